The first-order valence-corrected chi connectivity index (χ1v) is 5.59. The minimum atomic E-state index is -0.793. The van der Waals surface area contributed by atoms with Crippen LogP contribution in [0.1, 0.15) is 25.0 Å². The summed E-state index contributed by atoms with van der Waals surface area (Å²) in [5.41, 5.74) is 1.25. The quantitative estimate of drug-likeness (QED) is 0.838. The molecule has 0 radical (unpaired) electrons. The summed E-state index contributed by atoms with van der Waals surface area (Å²) < 4.78 is 2.03. The molecular formula is C10H12Br2O. The van der Waals surface area contributed by atoms with Crippen LogP contribution in [0.15, 0.2) is 21.1 Å². The van der Waals surface area contributed by atoms with Crippen molar-refractivity contribution in [2.24, 2.45) is 0 Å². The molecule has 0 saturated heterocycles. The third kappa shape index (κ3) is 2.55. The number of benzene rings is 1. The molecule has 0 heterocycles. The first-order chi connectivity index (χ1) is 5.82. The van der Waals surface area contributed by atoms with Gasteiger partial charge in [-0.1, -0.05) is 31.9 Å². The highest BCUT2D eigenvalue weighted by Gasteiger charge is 2.17. The van der Waals surface area contributed by atoms with E-state index in [0.717, 1.165) is 20.1 Å². The van der Waals surface area contributed by atoms with Crippen molar-refractivity contribution < 1.29 is 5.11 Å². The fourth-order valence-electron chi connectivity index (χ4n) is 0.999. The second-order valence-electron chi connectivity index (χ2n) is 3.62. The Labute approximate surface area is 95.4 Å². The van der Waals surface area contributed by atoms with Gasteiger partial charge in [0.1, 0.15) is 0 Å². The van der Waals surface area contributed by atoms with Gasteiger partial charge in [-0.25, -0.2) is 0 Å². The van der Waals surface area contributed by atoms with Crippen molar-refractivity contribution in [2.75, 3.05) is 0 Å². The number of hydrogen-bond donors (Lipinski definition) is 1. The maximum absolute atomic E-state index is 9.79. The smallest absolute Gasteiger partial charge is 0.0841 e. The van der Waals surface area contributed by atoms with E-state index in [1.54, 1.807) is 13.8 Å². The summed E-state index contributed by atoms with van der Waals surface area (Å²) in [5.74, 6) is 0. The van der Waals surface area contributed by atoms with Crippen LogP contribution >= 0.6 is 31.9 Å². The third-order valence-corrected chi connectivity index (χ3v) is 3.63. The highest BCUT2D eigenvalue weighted by atomic mass is 79.9. The molecular weight excluding hydrogens is 296 g/mol. The molecule has 1 aromatic rings. The number of hydrogen-bond acceptors (Lipinski definition) is 1. The highest BCUT2D eigenvalue weighted by Crippen LogP contribution is 2.31. The Kier molecular flexibility index (Phi) is 3.20. The van der Waals surface area contributed by atoms with E-state index in [4.69, 9.17) is 0 Å². The predicted octanol–water partition coefficient (Wildman–Crippen LogP) is 3.75. The first-order valence-electron chi connectivity index (χ1n) is 4.01. The average molecular weight is 308 g/mol. The fourth-order valence-corrected chi connectivity index (χ4v) is 2.18. The Bertz CT molecular complexity index is 303. The summed E-state index contributed by atoms with van der Waals surface area (Å²) in [6.07, 6.45) is 0. The van der Waals surface area contributed by atoms with Crippen LogP contribution in [0.3, 0.4) is 0 Å². The van der Waals surface area contributed by atoms with Crippen LogP contribution in [0.5, 0.6) is 0 Å². The zero-order chi connectivity index (χ0) is 10.2. The molecule has 0 aliphatic rings. The highest BCUT2D eigenvalue weighted by molar-refractivity contribution is 9.11. The summed E-state index contributed by atoms with van der Waals surface area (Å²) in [4.78, 5) is 0. The SMILES string of the molecule is Cc1c(Br)cc(C(C)(C)O)cc1Br. The summed E-state index contributed by atoms with van der Waals surface area (Å²) >= 11 is 6.90. The van der Waals surface area contributed by atoms with Crippen molar-refractivity contribution in [3.63, 3.8) is 0 Å². The minimum absolute atomic E-state index is 0.793. The lowest BCUT2D eigenvalue weighted by Crippen LogP contribution is -2.15. The topological polar surface area (TPSA) is 20.2 Å². The Morgan fingerprint density at radius 1 is 1.15 bits per heavy atom. The van der Waals surface area contributed by atoms with E-state index >= 15 is 0 Å². The van der Waals surface area contributed by atoms with Gasteiger partial charge in [0, 0.05) is 8.95 Å². The van der Waals surface area contributed by atoms with Crippen LogP contribution in [0.25, 0.3) is 0 Å². The average Bonchev–Trinajstić information content (AvgIpc) is 1.97. The molecule has 0 spiro atoms. The molecule has 0 aliphatic heterocycles. The van der Waals surface area contributed by atoms with Crippen molar-refractivity contribution in [1.29, 1.82) is 0 Å². The summed E-state index contributed by atoms with van der Waals surface area (Å²) in [7, 11) is 0. The molecule has 1 aromatic carbocycles. The molecule has 1 rings (SSSR count). The summed E-state index contributed by atoms with van der Waals surface area (Å²) in [5, 5.41) is 9.79. The number of halogens is 2. The van der Waals surface area contributed by atoms with E-state index in [1.165, 1.54) is 0 Å². The molecule has 1 nitrogen and oxygen atoms in total. The van der Waals surface area contributed by atoms with Gasteiger partial charge in [0.05, 0.1) is 5.60 Å². The van der Waals surface area contributed by atoms with Crippen molar-refractivity contribution >= 4 is 31.9 Å². The lowest BCUT2D eigenvalue weighted by Gasteiger charge is -2.19. The molecule has 0 unspecified atom stereocenters. The van der Waals surface area contributed by atoms with Crippen LogP contribution in [0.4, 0.5) is 0 Å². The maximum Gasteiger partial charge on any atom is 0.0841 e. The normalized spacial score (nSPS) is 11.8. The molecule has 0 saturated carbocycles. The molecule has 13 heavy (non-hydrogen) atoms. The molecule has 0 amide bonds. The Balaban J connectivity index is 3.29. The Hall–Kier alpha value is 0.140. The Morgan fingerprint density at radius 2 is 1.54 bits per heavy atom. The zero-order valence-electron chi connectivity index (χ0n) is 7.86. The predicted molar refractivity (Wildman–Crippen MR) is 61.8 cm³/mol. The van der Waals surface area contributed by atoms with Crippen molar-refractivity contribution in [2.45, 2.75) is 26.4 Å². The van der Waals surface area contributed by atoms with E-state index in [0.29, 0.717) is 0 Å². The van der Waals surface area contributed by atoms with Gasteiger partial charge in [0.25, 0.3) is 0 Å². The largest absolute Gasteiger partial charge is 0.386 e. The van der Waals surface area contributed by atoms with Crippen LogP contribution in [0.2, 0.25) is 0 Å². The molecule has 0 atom stereocenters. The molecule has 3 heteroatoms. The van der Waals surface area contributed by atoms with Gasteiger partial charge in [0.2, 0.25) is 0 Å². The Morgan fingerprint density at radius 3 is 1.85 bits per heavy atom. The lowest BCUT2D eigenvalue weighted by atomic mass is 9.98. The summed E-state index contributed by atoms with van der Waals surface area (Å²) in [6.45, 7) is 5.56. The molecule has 0 fully saturated rings. The summed E-state index contributed by atoms with van der Waals surface area (Å²) in [6, 6.07) is 3.89. The van der Waals surface area contributed by atoms with Gasteiger partial charge < -0.3 is 5.11 Å². The van der Waals surface area contributed by atoms with Crippen molar-refractivity contribution in [3.8, 4) is 0 Å². The van der Waals surface area contributed by atoms with Gasteiger partial charge in [-0.05, 0) is 44.0 Å². The van der Waals surface area contributed by atoms with Gasteiger partial charge in [0.15, 0.2) is 0 Å². The van der Waals surface area contributed by atoms with E-state index in [9.17, 15) is 5.11 Å². The van der Waals surface area contributed by atoms with Crippen LogP contribution in [0, 0.1) is 6.92 Å². The zero-order valence-corrected chi connectivity index (χ0v) is 11.0. The molecule has 0 aromatic heterocycles. The van der Waals surface area contributed by atoms with Gasteiger partial charge >= 0.3 is 0 Å². The van der Waals surface area contributed by atoms with Crippen LogP contribution in [-0.4, -0.2) is 5.11 Å². The van der Waals surface area contributed by atoms with Gasteiger partial charge in [-0.3, -0.25) is 0 Å². The molecule has 72 valence electrons. The minimum Gasteiger partial charge on any atom is -0.386 e. The fraction of sp³-hybridized carbons (Fsp3) is 0.400. The standard InChI is InChI=1S/C10H12Br2O/c1-6-8(11)4-7(5-9(6)12)10(2,3)13/h4-5,13H,1-3H3. The molecule has 0 aliphatic carbocycles. The van der Waals surface area contributed by atoms with E-state index < -0.39 is 5.60 Å². The maximum atomic E-state index is 9.79. The van der Waals surface area contributed by atoms with Crippen LogP contribution < -0.4 is 0 Å². The van der Waals surface area contributed by atoms with E-state index in [-0.39, 0.29) is 0 Å². The monoisotopic (exact) mass is 306 g/mol. The van der Waals surface area contributed by atoms with Gasteiger partial charge in [-0.2, -0.15) is 0 Å². The second-order valence-corrected chi connectivity index (χ2v) is 5.33. The number of rotatable bonds is 1. The van der Waals surface area contributed by atoms with E-state index in [2.05, 4.69) is 31.9 Å². The third-order valence-electron chi connectivity index (χ3n) is 1.99. The molecule has 0 bridgehead atoms. The second kappa shape index (κ2) is 3.71. The lowest BCUT2D eigenvalue weighted by molar-refractivity contribution is 0.0784. The van der Waals surface area contributed by atoms with Crippen molar-refractivity contribution in [3.05, 3.63) is 32.2 Å². The molecule has 1 N–H and O–H groups in total. The van der Waals surface area contributed by atoms with E-state index in [1.807, 2.05) is 19.1 Å². The number of aliphatic hydroxyl groups is 1. The van der Waals surface area contributed by atoms with Gasteiger partial charge in [-0.15, -0.1) is 0 Å². The van der Waals surface area contributed by atoms with Crippen LogP contribution in [-0.2, 0) is 5.60 Å². The first kappa shape index (κ1) is 11.2. The van der Waals surface area contributed by atoms with Crippen molar-refractivity contribution in [1.82, 2.24) is 0 Å².